The normalized spacial score (nSPS) is 11.3. The second-order valence-electron chi connectivity index (χ2n) is 4.98. The van der Waals surface area contributed by atoms with E-state index in [2.05, 4.69) is 4.72 Å². The van der Waals surface area contributed by atoms with Crippen molar-refractivity contribution in [1.29, 1.82) is 0 Å². The van der Waals surface area contributed by atoms with Gasteiger partial charge in [-0.3, -0.25) is 4.79 Å². The molecule has 8 heteroatoms. The van der Waals surface area contributed by atoms with Gasteiger partial charge in [0, 0.05) is 25.7 Å². The SMILES string of the molecule is CC(=O)N(CCNS(=O)(=O)c1ccccc1Cl)c1cccc(F)c1. The van der Waals surface area contributed by atoms with E-state index in [1.54, 1.807) is 18.2 Å². The van der Waals surface area contributed by atoms with E-state index in [-0.39, 0.29) is 28.9 Å². The zero-order valence-electron chi connectivity index (χ0n) is 12.9. The van der Waals surface area contributed by atoms with Gasteiger partial charge in [0.15, 0.2) is 0 Å². The van der Waals surface area contributed by atoms with Crippen LogP contribution in [0.1, 0.15) is 6.92 Å². The van der Waals surface area contributed by atoms with Gasteiger partial charge in [-0.25, -0.2) is 17.5 Å². The number of nitrogens with zero attached hydrogens (tertiary/aromatic N) is 1. The fourth-order valence-electron chi connectivity index (χ4n) is 2.14. The molecule has 0 radical (unpaired) electrons. The predicted octanol–water partition coefficient (Wildman–Crippen LogP) is 2.81. The summed E-state index contributed by atoms with van der Waals surface area (Å²) >= 11 is 5.89. The number of benzene rings is 2. The van der Waals surface area contributed by atoms with Crippen molar-refractivity contribution in [3.63, 3.8) is 0 Å². The van der Waals surface area contributed by atoms with Crippen LogP contribution in [0.15, 0.2) is 53.4 Å². The Morgan fingerprint density at radius 2 is 1.92 bits per heavy atom. The van der Waals surface area contributed by atoms with Crippen molar-refractivity contribution in [2.75, 3.05) is 18.0 Å². The molecular formula is C16H16ClFN2O3S. The molecule has 0 aliphatic rings. The first kappa shape index (κ1) is 18.4. The molecule has 2 aromatic carbocycles. The molecule has 128 valence electrons. The number of rotatable bonds is 6. The summed E-state index contributed by atoms with van der Waals surface area (Å²) in [6, 6.07) is 11.6. The van der Waals surface area contributed by atoms with Crippen molar-refractivity contribution >= 4 is 33.2 Å². The molecule has 0 atom stereocenters. The molecule has 5 nitrogen and oxygen atoms in total. The third-order valence-electron chi connectivity index (χ3n) is 3.25. The average Bonchev–Trinajstić information content (AvgIpc) is 2.51. The van der Waals surface area contributed by atoms with E-state index in [1.165, 1.54) is 42.2 Å². The number of nitrogens with one attached hydrogen (secondary N) is 1. The summed E-state index contributed by atoms with van der Waals surface area (Å²) in [4.78, 5) is 13.0. The Morgan fingerprint density at radius 3 is 2.54 bits per heavy atom. The summed E-state index contributed by atoms with van der Waals surface area (Å²) in [5.41, 5.74) is 0.361. The highest BCUT2D eigenvalue weighted by Crippen LogP contribution is 2.20. The van der Waals surface area contributed by atoms with Crippen LogP contribution in [-0.4, -0.2) is 27.4 Å². The number of anilines is 1. The van der Waals surface area contributed by atoms with E-state index in [0.29, 0.717) is 5.69 Å². The van der Waals surface area contributed by atoms with Gasteiger partial charge < -0.3 is 4.90 Å². The standard InChI is InChI=1S/C16H16ClFN2O3S/c1-12(21)20(14-6-4-5-13(18)11-14)10-9-19-24(22,23)16-8-3-2-7-15(16)17/h2-8,11,19H,9-10H2,1H3. The highest BCUT2D eigenvalue weighted by atomic mass is 35.5. The van der Waals surface area contributed by atoms with Crippen molar-refractivity contribution in [2.24, 2.45) is 0 Å². The van der Waals surface area contributed by atoms with Crippen LogP contribution in [0.25, 0.3) is 0 Å². The van der Waals surface area contributed by atoms with Gasteiger partial charge >= 0.3 is 0 Å². The number of amides is 1. The van der Waals surface area contributed by atoms with Crippen LogP contribution in [0.2, 0.25) is 5.02 Å². The van der Waals surface area contributed by atoms with Crippen LogP contribution in [0.3, 0.4) is 0 Å². The molecule has 0 heterocycles. The molecule has 1 N–H and O–H groups in total. The predicted molar refractivity (Wildman–Crippen MR) is 91.1 cm³/mol. The Balaban J connectivity index is 2.08. The summed E-state index contributed by atoms with van der Waals surface area (Å²) in [5.74, 6) is -0.798. The lowest BCUT2D eigenvalue weighted by molar-refractivity contribution is -0.116. The Kier molecular flexibility index (Phi) is 5.93. The van der Waals surface area contributed by atoms with Crippen LogP contribution in [0, 0.1) is 5.82 Å². The highest BCUT2D eigenvalue weighted by Gasteiger charge is 2.18. The first-order valence-electron chi connectivity index (χ1n) is 7.09. The zero-order valence-corrected chi connectivity index (χ0v) is 14.4. The second kappa shape index (κ2) is 7.74. The molecule has 0 spiro atoms. The van der Waals surface area contributed by atoms with Crippen LogP contribution in [-0.2, 0) is 14.8 Å². The molecule has 0 saturated carbocycles. The van der Waals surface area contributed by atoms with Crippen molar-refractivity contribution in [2.45, 2.75) is 11.8 Å². The number of halogens is 2. The fourth-order valence-corrected chi connectivity index (χ4v) is 3.68. The number of hydrogen-bond acceptors (Lipinski definition) is 3. The minimum absolute atomic E-state index is 0.0354. The lowest BCUT2D eigenvalue weighted by atomic mass is 10.2. The van der Waals surface area contributed by atoms with Gasteiger partial charge in [-0.2, -0.15) is 0 Å². The molecule has 0 aromatic heterocycles. The maximum absolute atomic E-state index is 13.3. The van der Waals surface area contributed by atoms with Gasteiger partial charge in [-0.1, -0.05) is 29.8 Å². The first-order valence-corrected chi connectivity index (χ1v) is 8.95. The summed E-state index contributed by atoms with van der Waals surface area (Å²) in [7, 11) is -3.80. The van der Waals surface area contributed by atoms with E-state index >= 15 is 0 Å². The van der Waals surface area contributed by atoms with Crippen LogP contribution in [0.4, 0.5) is 10.1 Å². The van der Waals surface area contributed by atoms with E-state index in [1.807, 2.05) is 0 Å². The number of hydrogen-bond donors (Lipinski definition) is 1. The Hall–Kier alpha value is -1.96. The average molecular weight is 371 g/mol. The summed E-state index contributed by atoms with van der Waals surface area (Å²) < 4.78 is 40.2. The quantitative estimate of drug-likeness (QED) is 0.850. The molecule has 0 aliphatic heterocycles. The second-order valence-corrected chi connectivity index (χ2v) is 7.12. The van der Waals surface area contributed by atoms with Gasteiger partial charge in [-0.15, -0.1) is 0 Å². The van der Waals surface area contributed by atoms with E-state index < -0.39 is 15.8 Å². The van der Waals surface area contributed by atoms with Gasteiger partial charge in [0.1, 0.15) is 10.7 Å². The minimum Gasteiger partial charge on any atom is -0.311 e. The van der Waals surface area contributed by atoms with E-state index in [4.69, 9.17) is 11.6 Å². The van der Waals surface area contributed by atoms with Crippen LogP contribution < -0.4 is 9.62 Å². The lowest BCUT2D eigenvalue weighted by Crippen LogP contribution is -2.37. The number of carbonyl (C=O) groups is 1. The molecule has 24 heavy (non-hydrogen) atoms. The van der Waals surface area contributed by atoms with E-state index in [9.17, 15) is 17.6 Å². The maximum Gasteiger partial charge on any atom is 0.242 e. The molecule has 0 saturated heterocycles. The molecule has 0 bridgehead atoms. The number of carbonyl (C=O) groups excluding carboxylic acids is 1. The summed E-state index contributed by atoms with van der Waals surface area (Å²) in [6.07, 6.45) is 0. The zero-order chi connectivity index (χ0) is 17.7. The van der Waals surface area contributed by atoms with E-state index in [0.717, 1.165) is 0 Å². The Labute approximate surface area is 145 Å². The van der Waals surface area contributed by atoms with Gasteiger partial charge in [-0.05, 0) is 30.3 Å². The Bertz CT molecular complexity index is 843. The van der Waals surface area contributed by atoms with Crippen LogP contribution in [0.5, 0.6) is 0 Å². The fraction of sp³-hybridized carbons (Fsp3) is 0.188. The third kappa shape index (κ3) is 4.53. The lowest BCUT2D eigenvalue weighted by Gasteiger charge is -2.21. The minimum atomic E-state index is -3.80. The molecule has 2 rings (SSSR count). The molecule has 1 amide bonds. The largest absolute Gasteiger partial charge is 0.311 e. The molecule has 0 fully saturated rings. The van der Waals surface area contributed by atoms with Crippen LogP contribution >= 0.6 is 11.6 Å². The van der Waals surface area contributed by atoms with Gasteiger partial charge in [0.2, 0.25) is 15.9 Å². The summed E-state index contributed by atoms with van der Waals surface area (Å²) in [5, 5.41) is 0.110. The smallest absolute Gasteiger partial charge is 0.242 e. The maximum atomic E-state index is 13.3. The van der Waals surface area contributed by atoms with Crippen molar-refractivity contribution in [1.82, 2.24) is 4.72 Å². The third-order valence-corrected chi connectivity index (χ3v) is 5.21. The first-order chi connectivity index (χ1) is 11.3. The summed E-state index contributed by atoms with van der Waals surface area (Å²) in [6.45, 7) is 1.35. The molecule has 0 aliphatic carbocycles. The molecular weight excluding hydrogens is 355 g/mol. The van der Waals surface area contributed by atoms with Crippen molar-refractivity contribution in [3.8, 4) is 0 Å². The number of sulfonamides is 1. The molecule has 0 unspecified atom stereocenters. The van der Waals surface area contributed by atoms with Gasteiger partial charge in [0.25, 0.3) is 0 Å². The van der Waals surface area contributed by atoms with Crippen molar-refractivity contribution in [3.05, 3.63) is 59.4 Å². The van der Waals surface area contributed by atoms with Crippen molar-refractivity contribution < 1.29 is 17.6 Å². The Morgan fingerprint density at radius 1 is 1.21 bits per heavy atom. The van der Waals surface area contributed by atoms with Gasteiger partial charge in [0.05, 0.1) is 5.02 Å². The topological polar surface area (TPSA) is 66.5 Å². The highest BCUT2D eigenvalue weighted by molar-refractivity contribution is 7.89. The molecule has 2 aromatic rings. The monoisotopic (exact) mass is 370 g/mol.